The summed E-state index contributed by atoms with van der Waals surface area (Å²) in [7, 11) is -4.00. The summed E-state index contributed by atoms with van der Waals surface area (Å²) < 4.78 is 29.0. The number of hydrogen-bond acceptors (Lipinski definition) is 5. The summed E-state index contributed by atoms with van der Waals surface area (Å²) in [5.74, 6) is 0.132. The van der Waals surface area contributed by atoms with Gasteiger partial charge in [0.25, 0.3) is 15.7 Å². The van der Waals surface area contributed by atoms with Gasteiger partial charge in [-0.15, -0.1) is 0 Å². The zero-order valence-electron chi connectivity index (χ0n) is 14.2. The SMILES string of the molecule is Cc1cc(NS(=O)(=O)c2cccc([N+](=O)[O-])c2)nn1Cc1ccc(Cl)cc1. The number of aromatic nitrogens is 2. The zero-order chi connectivity index (χ0) is 19.6. The van der Waals surface area contributed by atoms with Crippen LogP contribution in [0.5, 0.6) is 0 Å². The number of nitrogens with one attached hydrogen (secondary N) is 1. The van der Waals surface area contributed by atoms with E-state index in [4.69, 9.17) is 11.6 Å². The molecule has 1 aromatic heterocycles. The second-order valence-corrected chi connectivity index (χ2v) is 7.93. The Morgan fingerprint density at radius 2 is 1.89 bits per heavy atom. The molecule has 0 aliphatic carbocycles. The van der Waals surface area contributed by atoms with Crippen LogP contribution in [-0.2, 0) is 16.6 Å². The second-order valence-electron chi connectivity index (χ2n) is 5.82. The van der Waals surface area contributed by atoms with Crippen molar-refractivity contribution in [1.29, 1.82) is 0 Å². The first-order valence-corrected chi connectivity index (χ1v) is 9.67. The molecule has 1 N–H and O–H groups in total. The Labute approximate surface area is 160 Å². The topological polar surface area (TPSA) is 107 Å². The fourth-order valence-corrected chi connectivity index (χ4v) is 3.60. The number of sulfonamides is 1. The van der Waals surface area contributed by atoms with Crippen molar-refractivity contribution in [1.82, 2.24) is 9.78 Å². The molecule has 0 unspecified atom stereocenters. The maximum absolute atomic E-state index is 12.5. The van der Waals surface area contributed by atoms with Gasteiger partial charge in [0.2, 0.25) is 0 Å². The molecule has 140 valence electrons. The number of rotatable bonds is 6. The molecule has 0 radical (unpaired) electrons. The average molecular weight is 407 g/mol. The van der Waals surface area contributed by atoms with E-state index in [1.165, 1.54) is 18.2 Å². The standard InChI is InChI=1S/C17H15ClN4O4S/c1-12-9-17(19-21(12)11-13-5-7-14(18)8-6-13)20-27(25,26)16-4-2-3-15(10-16)22(23)24/h2-10H,11H2,1H3,(H,19,20). The van der Waals surface area contributed by atoms with Gasteiger partial charge in [-0.3, -0.25) is 19.5 Å². The van der Waals surface area contributed by atoms with E-state index in [9.17, 15) is 18.5 Å². The highest BCUT2D eigenvalue weighted by atomic mass is 35.5. The highest BCUT2D eigenvalue weighted by Gasteiger charge is 2.19. The van der Waals surface area contributed by atoms with Gasteiger partial charge in [-0.1, -0.05) is 29.8 Å². The molecule has 3 rings (SSSR count). The molecule has 0 spiro atoms. The summed E-state index contributed by atoms with van der Waals surface area (Å²) in [6.45, 7) is 2.25. The van der Waals surface area contributed by atoms with Crippen LogP contribution in [0.3, 0.4) is 0 Å². The third-order valence-corrected chi connectivity index (χ3v) is 5.41. The van der Waals surface area contributed by atoms with Crippen LogP contribution < -0.4 is 4.72 Å². The summed E-state index contributed by atoms with van der Waals surface area (Å²) in [5, 5.41) is 15.7. The van der Waals surface area contributed by atoms with Gasteiger partial charge in [0.1, 0.15) is 0 Å². The molecule has 0 fully saturated rings. The van der Waals surface area contributed by atoms with Crippen molar-refractivity contribution in [2.45, 2.75) is 18.4 Å². The van der Waals surface area contributed by atoms with Crippen LogP contribution in [0, 0.1) is 17.0 Å². The summed E-state index contributed by atoms with van der Waals surface area (Å²) in [4.78, 5) is 9.99. The van der Waals surface area contributed by atoms with Crippen LogP contribution in [0.2, 0.25) is 5.02 Å². The van der Waals surface area contributed by atoms with Crippen molar-refractivity contribution in [3.05, 3.63) is 81.0 Å². The molecular formula is C17H15ClN4O4S. The van der Waals surface area contributed by atoms with E-state index in [2.05, 4.69) is 9.82 Å². The first kappa shape index (κ1) is 18.9. The number of hydrogen-bond donors (Lipinski definition) is 1. The summed E-state index contributed by atoms with van der Waals surface area (Å²) in [6.07, 6.45) is 0. The van der Waals surface area contributed by atoms with Crippen LogP contribution in [0.1, 0.15) is 11.3 Å². The molecule has 3 aromatic rings. The van der Waals surface area contributed by atoms with Crippen molar-refractivity contribution in [3.63, 3.8) is 0 Å². The minimum Gasteiger partial charge on any atom is -0.263 e. The molecule has 0 aliphatic rings. The lowest BCUT2D eigenvalue weighted by Crippen LogP contribution is -2.14. The lowest BCUT2D eigenvalue weighted by molar-refractivity contribution is -0.385. The first-order valence-electron chi connectivity index (χ1n) is 7.81. The van der Waals surface area contributed by atoms with Crippen molar-refractivity contribution >= 4 is 33.1 Å². The molecular weight excluding hydrogens is 392 g/mol. The third kappa shape index (κ3) is 4.44. The Morgan fingerprint density at radius 3 is 2.56 bits per heavy atom. The van der Waals surface area contributed by atoms with E-state index < -0.39 is 14.9 Å². The number of aryl methyl sites for hydroxylation is 1. The number of anilines is 1. The van der Waals surface area contributed by atoms with Gasteiger partial charge >= 0.3 is 0 Å². The minimum absolute atomic E-state index is 0.132. The van der Waals surface area contributed by atoms with E-state index in [1.807, 2.05) is 12.1 Å². The molecule has 10 heteroatoms. The third-order valence-electron chi connectivity index (χ3n) is 3.80. The number of nitro benzene ring substituents is 1. The fraction of sp³-hybridized carbons (Fsp3) is 0.118. The average Bonchev–Trinajstić information content (AvgIpc) is 2.95. The van der Waals surface area contributed by atoms with Gasteiger partial charge in [0, 0.05) is 28.9 Å². The molecule has 1 heterocycles. The summed E-state index contributed by atoms with van der Waals surface area (Å²) >= 11 is 5.87. The second kappa shape index (κ2) is 7.37. The Kier molecular flexibility index (Phi) is 5.15. The predicted molar refractivity (Wildman–Crippen MR) is 101 cm³/mol. The maximum atomic E-state index is 12.5. The van der Waals surface area contributed by atoms with E-state index in [0.29, 0.717) is 11.6 Å². The number of non-ortho nitro benzene ring substituents is 1. The number of nitrogens with zero attached hydrogens (tertiary/aromatic N) is 3. The summed E-state index contributed by atoms with van der Waals surface area (Å²) in [6, 6.07) is 13.7. The Hall–Kier alpha value is -2.91. The van der Waals surface area contributed by atoms with Gasteiger partial charge < -0.3 is 0 Å². The smallest absolute Gasteiger partial charge is 0.263 e. The van der Waals surface area contributed by atoms with E-state index in [-0.39, 0.29) is 16.4 Å². The normalized spacial score (nSPS) is 11.3. The van der Waals surface area contributed by atoms with Gasteiger partial charge in [-0.25, -0.2) is 8.42 Å². The molecule has 0 amide bonds. The van der Waals surface area contributed by atoms with Crippen LogP contribution in [0.4, 0.5) is 11.5 Å². The summed E-state index contributed by atoms with van der Waals surface area (Å²) in [5.41, 5.74) is 1.41. The molecule has 0 saturated heterocycles. The molecule has 8 nitrogen and oxygen atoms in total. The van der Waals surface area contributed by atoms with Gasteiger partial charge in [0.15, 0.2) is 5.82 Å². The minimum atomic E-state index is -4.00. The van der Waals surface area contributed by atoms with Crippen molar-refractivity contribution in [2.75, 3.05) is 4.72 Å². The van der Waals surface area contributed by atoms with E-state index in [1.54, 1.807) is 29.8 Å². The van der Waals surface area contributed by atoms with Crippen LogP contribution >= 0.6 is 11.6 Å². The predicted octanol–water partition coefficient (Wildman–Crippen LogP) is 3.60. The lowest BCUT2D eigenvalue weighted by atomic mass is 10.2. The largest absolute Gasteiger partial charge is 0.270 e. The lowest BCUT2D eigenvalue weighted by Gasteiger charge is -2.06. The Balaban J connectivity index is 1.82. The van der Waals surface area contributed by atoms with Crippen LogP contribution in [0.15, 0.2) is 59.5 Å². The zero-order valence-corrected chi connectivity index (χ0v) is 15.7. The Morgan fingerprint density at radius 1 is 1.19 bits per heavy atom. The number of nitro groups is 1. The fourth-order valence-electron chi connectivity index (χ4n) is 2.44. The highest BCUT2D eigenvalue weighted by molar-refractivity contribution is 7.92. The quantitative estimate of drug-likeness (QED) is 0.497. The van der Waals surface area contributed by atoms with E-state index in [0.717, 1.165) is 17.3 Å². The number of halogens is 1. The molecule has 0 bridgehead atoms. The maximum Gasteiger partial charge on any atom is 0.270 e. The Bertz CT molecular complexity index is 1090. The van der Waals surface area contributed by atoms with Gasteiger partial charge in [0.05, 0.1) is 16.4 Å². The van der Waals surface area contributed by atoms with Crippen molar-refractivity contribution in [2.24, 2.45) is 0 Å². The molecule has 2 aromatic carbocycles. The van der Waals surface area contributed by atoms with Crippen LogP contribution in [-0.4, -0.2) is 23.1 Å². The molecule has 0 aliphatic heterocycles. The van der Waals surface area contributed by atoms with Gasteiger partial charge in [-0.05, 0) is 30.7 Å². The monoisotopic (exact) mass is 406 g/mol. The van der Waals surface area contributed by atoms with E-state index >= 15 is 0 Å². The number of benzene rings is 2. The van der Waals surface area contributed by atoms with Crippen LogP contribution in [0.25, 0.3) is 0 Å². The molecule has 0 saturated carbocycles. The molecule has 27 heavy (non-hydrogen) atoms. The van der Waals surface area contributed by atoms with Crippen molar-refractivity contribution < 1.29 is 13.3 Å². The highest BCUT2D eigenvalue weighted by Crippen LogP contribution is 2.21. The van der Waals surface area contributed by atoms with Gasteiger partial charge in [-0.2, -0.15) is 5.10 Å². The first-order chi connectivity index (χ1) is 12.7. The molecule has 0 atom stereocenters. The van der Waals surface area contributed by atoms with Crippen molar-refractivity contribution in [3.8, 4) is 0 Å².